The van der Waals surface area contributed by atoms with Gasteiger partial charge in [-0.1, -0.05) is 18.6 Å². The van der Waals surface area contributed by atoms with Crippen molar-refractivity contribution in [3.63, 3.8) is 0 Å². The van der Waals surface area contributed by atoms with Crippen molar-refractivity contribution in [2.75, 3.05) is 32.5 Å². The first-order valence-corrected chi connectivity index (χ1v) is 15.7. The Morgan fingerprint density at radius 2 is 1.65 bits per heavy atom. The third-order valence-electron chi connectivity index (χ3n) is 6.75. The van der Waals surface area contributed by atoms with Gasteiger partial charge < -0.3 is 24.6 Å². The quantitative estimate of drug-likeness (QED) is 0.0748. The molecule has 2 unspecified atom stereocenters. The smallest absolute Gasteiger partial charge is 0.342 e. The van der Waals surface area contributed by atoms with Crippen LogP contribution in [0.3, 0.4) is 0 Å². The van der Waals surface area contributed by atoms with Crippen molar-refractivity contribution in [1.82, 2.24) is 15.5 Å². The molecule has 11 nitrogen and oxygen atoms in total. The molecule has 2 rings (SSSR count). The van der Waals surface area contributed by atoms with Gasteiger partial charge in [0.05, 0.1) is 13.2 Å². The van der Waals surface area contributed by atoms with E-state index < -0.39 is 37.4 Å². The van der Waals surface area contributed by atoms with Crippen LogP contribution in [0.2, 0.25) is 0 Å². The van der Waals surface area contributed by atoms with Crippen LogP contribution in [0.15, 0.2) is 11.6 Å². The summed E-state index contributed by atoms with van der Waals surface area (Å²) in [4.78, 5) is 36.4. The molecule has 1 heterocycles. The minimum Gasteiger partial charge on any atom is -0.507 e. The van der Waals surface area contributed by atoms with Crippen LogP contribution < -0.4 is 15.5 Å². The summed E-state index contributed by atoms with van der Waals surface area (Å²) < 4.78 is 28.9. The van der Waals surface area contributed by atoms with E-state index in [0.29, 0.717) is 25.9 Å². The number of allylic oxidation sites excluding steroid dienone is 1. The van der Waals surface area contributed by atoms with Gasteiger partial charge in [-0.25, -0.2) is 15.0 Å². The first-order valence-electron chi connectivity index (χ1n) is 13.8. The number of hydrogen-bond acceptors (Lipinski definition) is 9. The third-order valence-corrected chi connectivity index (χ3v) is 9.21. The number of hydrogen-bond donors (Lipinski definition) is 4. The lowest BCUT2D eigenvalue weighted by Gasteiger charge is -2.26. The van der Waals surface area contributed by atoms with E-state index in [1.54, 1.807) is 27.7 Å². The van der Waals surface area contributed by atoms with Crippen LogP contribution >= 0.6 is 7.44 Å². The Labute approximate surface area is 236 Å². The molecular formula is C28H44N3O8P. The number of aromatic hydroxyl groups is 1. The van der Waals surface area contributed by atoms with Crippen LogP contribution in [0, 0.1) is 6.92 Å². The summed E-state index contributed by atoms with van der Waals surface area (Å²) in [5.41, 5.74) is 4.71. The fourth-order valence-corrected chi connectivity index (χ4v) is 6.91. The van der Waals surface area contributed by atoms with E-state index in [9.17, 15) is 24.1 Å². The molecule has 1 aromatic rings. The van der Waals surface area contributed by atoms with Crippen LogP contribution in [0.1, 0.15) is 74.2 Å². The molecule has 0 spiro atoms. The summed E-state index contributed by atoms with van der Waals surface area (Å²) in [7, 11) is -3.41. The molecule has 0 bridgehead atoms. The standard InChI is InChI=1S/C28H44N3O8P/c1-8-21-18(5)23-16-39-28(35)24(23)25(32)22(21)12-11-17(4)15-29-13-14-40(36,30-19(6)26(33)37-9-2)31-20(7)27(34)38-10-3/h11,19-20,29,32H,8-10,12-16H2,1-7H3,(H2,30,31,36)/b17-11+. The van der Waals surface area contributed by atoms with Gasteiger partial charge in [0.1, 0.15) is 30.0 Å². The average Bonchev–Trinajstić information content (AvgIpc) is 3.29. The van der Waals surface area contributed by atoms with Crippen molar-refractivity contribution in [2.45, 2.75) is 80.0 Å². The lowest BCUT2D eigenvalue weighted by Crippen LogP contribution is -2.43. The predicted molar refractivity (Wildman–Crippen MR) is 153 cm³/mol. The van der Waals surface area contributed by atoms with Crippen molar-refractivity contribution in [2.24, 2.45) is 0 Å². The van der Waals surface area contributed by atoms with E-state index in [2.05, 4.69) is 15.5 Å². The molecule has 1 aromatic carbocycles. The molecule has 0 saturated heterocycles. The van der Waals surface area contributed by atoms with Gasteiger partial charge in [0.25, 0.3) is 0 Å². The molecule has 12 heteroatoms. The highest BCUT2D eigenvalue weighted by Gasteiger charge is 2.32. The minimum absolute atomic E-state index is 0.0125. The zero-order valence-electron chi connectivity index (χ0n) is 24.6. The number of phenols is 1. The number of benzene rings is 1. The number of phenolic OH excluding ortho intramolecular Hbond substituents is 1. The summed E-state index contributed by atoms with van der Waals surface area (Å²) >= 11 is 0. The molecule has 0 aliphatic carbocycles. The van der Waals surface area contributed by atoms with Gasteiger partial charge in [-0.15, -0.1) is 0 Å². The zero-order valence-corrected chi connectivity index (χ0v) is 25.5. The van der Waals surface area contributed by atoms with Crippen LogP contribution in [-0.2, 0) is 47.8 Å². The van der Waals surface area contributed by atoms with Gasteiger partial charge in [0.15, 0.2) is 0 Å². The Kier molecular flexibility index (Phi) is 12.8. The normalized spacial score (nSPS) is 16.1. The van der Waals surface area contributed by atoms with Crippen molar-refractivity contribution >= 4 is 25.4 Å². The van der Waals surface area contributed by atoms with Gasteiger partial charge in [-0.05, 0) is 65.5 Å². The molecule has 0 aromatic heterocycles. The molecule has 224 valence electrons. The zero-order chi connectivity index (χ0) is 30.0. The molecule has 2 atom stereocenters. The molecule has 0 fully saturated rings. The third kappa shape index (κ3) is 8.64. The monoisotopic (exact) mass is 581 g/mol. The van der Waals surface area contributed by atoms with Crippen molar-refractivity contribution < 1.29 is 38.3 Å². The Bertz CT molecular complexity index is 1140. The highest BCUT2D eigenvalue weighted by molar-refractivity contribution is 7.60. The number of ether oxygens (including phenoxy) is 3. The Hall–Kier alpha value is -2.72. The van der Waals surface area contributed by atoms with E-state index in [4.69, 9.17) is 14.2 Å². The number of carbonyl (C=O) groups excluding carboxylic acids is 3. The second-order valence-electron chi connectivity index (χ2n) is 9.81. The molecule has 0 amide bonds. The van der Waals surface area contributed by atoms with Crippen LogP contribution in [0.5, 0.6) is 5.75 Å². The fourth-order valence-electron chi connectivity index (χ4n) is 4.64. The number of cyclic esters (lactones) is 1. The molecule has 1 aliphatic heterocycles. The maximum Gasteiger partial charge on any atom is 0.342 e. The Morgan fingerprint density at radius 3 is 2.17 bits per heavy atom. The molecule has 4 N–H and O–H groups in total. The van der Waals surface area contributed by atoms with Crippen LogP contribution in [0.25, 0.3) is 0 Å². The second-order valence-corrected chi connectivity index (χ2v) is 12.3. The number of fused-ring (bicyclic) bond motifs is 1. The van der Waals surface area contributed by atoms with Gasteiger partial charge >= 0.3 is 17.9 Å². The number of carbonyl (C=O) groups is 3. The maximum absolute atomic E-state index is 13.7. The number of esters is 3. The molecular weight excluding hydrogens is 537 g/mol. The lowest BCUT2D eigenvalue weighted by molar-refractivity contribution is -0.145. The SMILES string of the molecule is CCOC(=O)C(C)NP(=O)(CCNC/C(C)=C/Cc1c(O)c2c(c(C)c1CC)COC2=O)NC(C)C(=O)OCC. The Morgan fingerprint density at radius 1 is 1.07 bits per heavy atom. The van der Waals surface area contributed by atoms with E-state index in [1.807, 2.05) is 26.8 Å². The van der Waals surface area contributed by atoms with Gasteiger partial charge in [-0.3, -0.25) is 14.2 Å². The summed E-state index contributed by atoms with van der Waals surface area (Å²) in [5.74, 6) is -1.58. The van der Waals surface area contributed by atoms with E-state index >= 15 is 0 Å². The van der Waals surface area contributed by atoms with Crippen molar-refractivity contribution in [3.8, 4) is 5.75 Å². The van der Waals surface area contributed by atoms with E-state index in [0.717, 1.165) is 27.8 Å². The molecule has 1 aliphatic rings. The van der Waals surface area contributed by atoms with Crippen LogP contribution in [0.4, 0.5) is 0 Å². The fraction of sp³-hybridized carbons (Fsp3) is 0.607. The van der Waals surface area contributed by atoms with Crippen molar-refractivity contribution in [3.05, 3.63) is 39.5 Å². The average molecular weight is 582 g/mol. The summed E-state index contributed by atoms with van der Waals surface area (Å²) in [6, 6.07) is -1.69. The summed E-state index contributed by atoms with van der Waals surface area (Å²) in [6.45, 7) is 13.8. The van der Waals surface area contributed by atoms with Gasteiger partial charge in [-0.2, -0.15) is 0 Å². The summed E-state index contributed by atoms with van der Waals surface area (Å²) in [6.07, 6.45) is 3.25. The highest BCUT2D eigenvalue weighted by Crippen LogP contribution is 2.39. The largest absolute Gasteiger partial charge is 0.507 e. The van der Waals surface area contributed by atoms with E-state index in [-0.39, 0.29) is 37.3 Å². The van der Waals surface area contributed by atoms with Gasteiger partial charge in [0, 0.05) is 30.4 Å². The first-order chi connectivity index (χ1) is 18.9. The first kappa shape index (κ1) is 33.5. The minimum atomic E-state index is -3.41. The molecule has 40 heavy (non-hydrogen) atoms. The number of nitrogens with one attached hydrogen (secondary N) is 3. The summed E-state index contributed by atoms with van der Waals surface area (Å²) in [5, 5.41) is 19.8. The van der Waals surface area contributed by atoms with E-state index in [1.165, 1.54) is 0 Å². The molecule has 0 saturated carbocycles. The van der Waals surface area contributed by atoms with Crippen LogP contribution in [-0.4, -0.2) is 67.6 Å². The topological polar surface area (TPSA) is 152 Å². The lowest BCUT2D eigenvalue weighted by atomic mass is 9.89. The number of rotatable bonds is 16. The Balaban J connectivity index is 2.06. The predicted octanol–water partition coefficient (Wildman–Crippen LogP) is 3.29. The molecule has 0 radical (unpaired) electrons. The van der Waals surface area contributed by atoms with Gasteiger partial charge in [0.2, 0.25) is 7.44 Å². The van der Waals surface area contributed by atoms with Crippen molar-refractivity contribution in [1.29, 1.82) is 0 Å². The highest BCUT2D eigenvalue weighted by atomic mass is 31.2. The maximum atomic E-state index is 13.7. The second kappa shape index (κ2) is 15.3.